The number of nitrogens with zero attached hydrogens (tertiary/aromatic N) is 1. The van der Waals surface area contributed by atoms with Crippen molar-refractivity contribution in [1.82, 2.24) is 10.2 Å². The van der Waals surface area contributed by atoms with Gasteiger partial charge in [0, 0.05) is 45.8 Å². The second-order valence-electron chi connectivity index (χ2n) is 5.68. The third-order valence-corrected chi connectivity index (χ3v) is 4.36. The Hall–Kier alpha value is -0.650. The van der Waals surface area contributed by atoms with Gasteiger partial charge in [0.2, 0.25) is 5.91 Å². The molecule has 1 aliphatic carbocycles. The minimum Gasteiger partial charge on any atom is -0.377 e. The first-order chi connectivity index (χ1) is 9.76. The monoisotopic (exact) mass is 284 g/mol. The summed E-state index contributed by atoms with van der Waals surface area (Å²) in [7, 11) is 1.73. The minimum absolute atomic E-state index is 0.125. The maximum Gasteiger partial charge on any atom is 0.223 e. The number of ether oxygens (including phenoxy) is 2. The molecule has 3 unspecified atom stereocenters. The Morgan fingerprint density at radius 3 is 2.70 bits per heavy atom. The van der Waals surface area contributed by atoms with E-state index in [4.69, 9.17) is 9.47 Å². The largest absolute Gasteiger partial charge is 0.377 e. The second-order valence-corrected chi connectivity index (χ2v) is 5.68. The second kappa shape index (κ2) is 7.96. The van der Waals surface area contributed by atoms with Crippen molar-refractivity contribution in [2.24, 2.45) is 0 Å². The number of hydrogen-bond acceptors (Lipinski definition) is 4. The fraction of sp³-hybridized carbons (Fsp3) is 0.933. The molecule has 1 heterocycles. The molecule has 1 N–H and O–H groups in total. The zero-order chi connectivity index (χ0) is 14.4. The molecule has 1 aliphatic heterocycles. The highest BCUT2D eigenvalue weighted by atomic mass is 16.5. The summed E-state index contributed by atoms with van der Waals surface area (Å²) in [6.45, 7) is 5.35. The van der Waals surface area contributed by atoms with Crippen LogP contribution in [-0.4, -0.2) is 62.4 Å². The van der Waals surface area contributed by atoms with E-state index in [1.807, 2.05) is 11.8 Å². The molecule has 2 rings (SSSR count). The summed E-state index contributed by atoms with van der Waals surface area (Å²) in [5.41, 5.74) is 0. The highest BCUT2D eigenvalue weighted by Gasteiger charge is 2.41. The van der Waals surface area contributed by atoms with Crippen molar-refractivity contribution in [3.05, 3.63) is 0 Å². The molecule has 0 aromatic rings. The van der Waals surface area contributed by atoms with Gasteiger partial charge in [-0.2, -0.15) is 0 Å². The lowest BCUT2D eigenvalue weighted by Gasteiger charge is -2.43. The molecule has 5 heteroatoms. The van der Waals surface area contributed by atoms with Crippen molar-refractivity contribution in [3.63, 3.8) is 0 Å². The van der Waals surface area contributed by atoms with Crippen LogP contribution in [0.1, 0.15) is 39.0 Å². The van der Waals surface area contributed by atoms with Crippen molar-refractivity contribution >= 4 is 5.91 Å². The molecule has 0 aromatic carbocycles. The van der Waals surface area contributed by atoms with E-state index in [-0.39, 0.29) is 18.1 Å². The van der Waals surface area contributed by atoms with Crippen LogP contribution in [0.3, 0.4) is 0 Å². The lowest BCUT2D eigenvalue weighted by Crippen LogP contribution is -2.60. The van der Waals surface area contributed by atoms with Gasteiger partial charge in [-0.3, -0.25) is 4.79 Å². The van der Waals surface area contributed by atoms with E-state index >= 15 is 0 Å². The van der Waals surface area contributed by atoms with Crippen LogP contribution in [0.2, 0.25) is 0 Å². The molecule has 5 nitrogen and oxygen atoms in total. The summed E-state index contributed by atoms with van der Waals surface area (Å²) in [5, 5.41) is 3.43. The molecular weight excluding hydrogens is 256 g/mol. The third-order valence-electron chi connectivity index (χ3n) is 4.36. The van der Waals surface area contributed by atoms with Gasteiger partial charge in [-0.05, 0) is 32.6 Å². The van der Waals surface area contributed by atoms with Crippen molar-refractivity contribution in [2.45, 2.75) is 57.3 Å². The Morgan fingerprint density at radius 1 is 1.30 bits per heavy atom. The Bertz CT molecular complexity index is 305. The van der Waals surface area contributed by atoms with Crippen molar-refractivity contribution in [2.75, 3.05) is 33.4 Å². The molecule has 20 heavy (non-hydrogen) atoms. The molecule has 2 fully saturated rings. The van der Waals surface area contributed by atoms with Gasteiger partial charge in [-0.1, -0.05) is 0 Å². The molecule has 0 radical (unpaired) electrons. The normalized spacial score (nSPS) is 30.1. The summed E-state index contributed by atoms with van der Waals surface area (Å²) in [6.07, 6.45) is 5.47. The van der Waals surface area contributed by atoms with Crippen LogP contribution in [-0.2, 0) is 14.3 Å². The van der Waals surface area contributed by atoms with Gasteiger partial charge in [0.05, 0.1) is 12.2 Å². The van der Waals surface area contributed by atoms with Gasteiger partial charge in [0.25, 0.3) is 0 Å². The van der Waals surface area contributed by atoms with E-state index in [9.17, 15) is 4.79 Å². The number of piperidine rings is 1. The van der Waals surface area contributed by atoms with Crippen LogP contribution in [0.25, 0.3) is 0 Å². The smallest absolute Gasteiger partial charge is 0.223 e. The Balaban J connectivity index is 1.62. The minimum atomic E-state index is 0.125. The molecule has 0 aromatic heterocycles. The standard InChI is InChI=1S/C15H28N2O3/c1-3-20-13-11-12(15(13)19-2)16-8-7-14(18)17-9-5-4-6-10-17/h12-13,15-16H,3-11H2,1-2H3. The zero-order valence-corrected chi connectivity index (χ0v) is 12.8. The van der Waals surface area contributed by atoms with Crippen molar-refractivity contribution in [3.8, 4) is 0 Å². The van der Waals surface area contributed by atoms with E-state index in [1.165, 1.54) is 6.42 Å². The number of hydrogen-bond donors (Lipinski definition) is 1. The number of rotatable bonds is 7. The molecular formula is C15H28N2O3. The Kier molecular flexibility index (Phi) is 6.26. The number of amides is 1. The van der Waals surface area contributed by atoms with Gasteiger partial charge in [0.1, 0.15) is 0 Å². The first kappa shape index (κ1) is 15.7. The first-order valence-electron chi connectivity index (χ1n) is 7.91. The SMILES string of the molecule is CCOC1CC(NCCC(=O)N2CCCCC2)C1OC. The van der Waals surface area contributed by atoms with Crippen LogP contribution < -0.4 is 5.32 Å². The quantitative estimate of drug-likeness (QED) is 0.762. The van der Waals surface area contributed by atoms with Crippen LogP contribution in [0, 0.1) is 0 Å². The lowest BCUT2D eigenvalue weighted by atomic mass is 9.85. The predicted octanol–water partition coefficient (Wildman–Crippen LogP) is 1.17. The average molecular weight is 284 g/mol. The summed E-state index contributed by atoms with van der Waals surface area (Å²) in [5.74, 6) is 0.284. The summed E-state index contributed by atoms with van der Waals surface area (Å²) < 4.78 is 11.0. The molecule has 116 valence electrons. The predicted molar refractivity (Wildman–Crippen MR) is 77.7 cm³/mol. The summed E-state index contributed by atoms with van der Waals surface area (Å²) >= 11 is 0. The van der Waals surface area contributed by atoms with Crippen LogP contribution in [0.5, 0.6) is 0 Å². The van der Waals surface area contributed by atoms with Crippen LogP contribution >= 0.6 is 0 Å². The van der Waals surface area contributed by atoms with Crippen molar-refractivity contribution < 1.29 is 14.3 Å². The Morgan fingerprint density at radius 2 is 2.05 bits per heavy atom. The molecule has 0 spiro atoms. The van der Waals surface area contributed by atoms with E-state index in [0.717, 1.165) is 45.5 Å². The highest BCUT2D eigenvalue weighted by Crippen LogP contribution is 2.26. The third kappa shape index (κ3) is 3.93. The van der Waals surface area contributed by atoms with Gasteiger partial charge in [-0.25, -0.2) is 0 Å². The van der Waals surface area contributed by atoms with E-state index in [1.54, 1.807) is 7.11 Å². The molecule has 1 saturated heterocycles. The molecule has 3 atom stereocenters. The maximum absolute atomic E-state index is 12.0. The van der Waals surface area contributed by atoms with Gasteiger partial charge < -0.3 is 19.7 Å². The lowest BCUT2D eigenvalue weighted by molar-refractivity contribution is -0.135. The topological polar surface area (TPSA) is 50.8 Å². The number of carbonyl (C=O) groups excluding carboxylic acids is 1. The Labute approximate surface area is 122 Å². The number of nitrogens with one attached hydrogen (secondary N) is 1. The number of carbonyl (C=O) groups is 1. The number of likely N-dealkylation sites (tertiary alicyclic amines) is 1. The first-order valence-corrected chi connectivity index (χ1v) is 7.91. The van der Waals surface area contributed by atoms with Gasteiger partial charge in [0.15, 0.2) is 0 Å². The van der Waals surface area contributed by atoms with Crippen LogP contribution in [0.15, 0.2) is 0 Å². The number of methoxy groups -OCH3 is 1. The van der Waals surface area contributed by atoms with Crippen molar-refractivity contribution in [1.29, 1.82) is 0 Å². The van der Waals surface area contributed by atoms with E-state index in [0.29, 0.717) is 12.5 Å². The van der Waals surface area contributed by atoms with E-state index in [2.05, 4.69) is 5.32 Å². The molecule has 2 aliphatic rings. The van der Waals surface area contributed by atoms with Gasteiger partial charge in [-0.15, -0.1) is 0 Å². The van der Waals surface area contributed by atoms with E-state index < -0.39 is 0 Å². The zero-order valence-electron chi connectivity index (χ0n) is 12.8. The summed E-state index contributed by atoms with van der Waals surface area (Å²) in [4.78, 5) is 14.0. The summed E-state index contributed by atoms with van der Waals surface area (Å²) in [6, 6.07) is 0.325. The van der Waals surface area contributed by atoms with Crippen LogP contribution in [0.4, 0.5) is 0 Å². The molecule has 1 amide bonds. The average Bonchev–Trinajstić information content (AvgIpc) is 2.46. The molecule has 0 bridgehead atoms. The molecule has 1 saturated carbocycles. The fourth-order valence-electron chi connectivity index (χ4n) is 3.14. The fourth-order valence-corrected chi connectivity index (χ4v) is 3.14. The highest BCUT2D eigenvalue weighted by molar-refractivity contribution is 5.76. The van der Waals surface area contributed by atoms with Gasteiger partial charge >= 0.3 is 0 Å². The maximum atomic E-state index is 12.0.